The largest absolute Gasteiger partial charge is 0.352 e. The molecule has 4 rings (SSSR count). The van der Waals surface area contributed by atoms with Gasteiger partial charge < -0.3 is 9.51 Å². The Labute approximate surface area is 157 Å². The summed E-state index contributed by atoms with van der Waals surface area (Å²) in [7, 11) is 0. The Morgan fingerprint density at radius 1 is 1.08 bits per heavy atom. The van der Waals surface area contributed by atoms with Crippen molar-refractivity contribution in [3.63, 3.8) is 0 Å². The highest BCUT2D eigenvalue weighted by atomic mass is 35.5. The summed E-state index contributed by atoms with van der Waals surface area (Å²) in [6.07, 6.45) is 0. The molecule has 0 atom stereocenters. The number of rotatable bonds is 2. The molecule has 2 aromatic carbocycles. The van der Waals surface area contributed by atoms with Crippen molar-refractivity contribution in [1.82, 2.24) is 15.1 Å². The fourth-order valence-electron chi connectivity index (χ4n) is 3.24. The summed E-state index contributed by atoms with van der Waals surface area (Å²) in [6.45, 7) is 8.39. The highest BCUT2D eigenvalue weighted by molar-refractivity contribution is 6.33. The molecule has 4 aromatic rings. The number of aromatic amines is 1. The van der Waals surface area contributed by atoms with E-state index in [-0.39, 0.29) is 5.41 Å². The van der Waals surface area contributed by atoms with Crippen molar-refractivity contribution in [2.75, 3.05) is 0 Å². The number of halogens is 1. The molecule has 0 aliphatic rings. The van der Waals surface area contributed by atoms with Gasteiger partial charge in [-0.3, -0.25) is 0 Å². The van der Waals surface area contributed by atoms with Gasteiger partial charge in [-0.2, -0.15) is 0 Å². The predicted molar refractivity (Wildman–Crippen MR) is 105 cm³/mol. The zero-order valence-corrected chi connectivity index (χ0v) is 16.0. The molecule has 0 saturated carbocycles. The minimum Gasteiger partial charge on any atom is -0.352 e. The number of hydrogen-bond acceptors (Lipinski definition) is 3. The molecule has 0 saturated heterocycles. The van der Waals surface area contributed by atoms with E-state index in [1.165, 1.54) is 0 Å². The van der Waals surface area contributed by atoms with Gasteiger partial charge in [0, 0.05) is 21.6 Å². The molecule has 0 radical (unpaired) electrons. The standard InChI is InChI=1S/C21H20ClN3O/c1-12-18(26-25-19(12)21(2,3)4)20-23-16-10-9-13(11-17(16)24-20)14-7-5-6-8-15(14)22/h5-11H,1-4H3,(H,23,24). The first-order valence-corrected chi connectivity index (χ1v) is 8.94. The number of imidazole rings is 1. The van der Waals surface area contributed by atoms with Crippen molar-refractivity contribution in [2.24, 2.45) is 0 Å². The van der Waals surface area contributed by atoms with Gasteiger partial charge >= 0.3 is 0 Å². The first-order chi connectivity index (χ1) is 12.3. The van der Waals surface area contributed by atoms with Crippen LogP contribution in [-0.2, 0) is 5.41 Å². The van der Waals surface area contributed by atoms with Crippen LogP contribution < -0.4 is 0 Å². The molecule has 0 fully saturated rings. The predicted octanol–water partition coefficient (Wildman–Crippen LogP) is 6.14. The second-order valence-corrected chi connectivity index (χ2v) is 7.94. The van der Waals surface area contributed by atoms with Crippen molar-refractivity contribution < 1.29 is 4.52 Å². The first-order valence-electron chi connectivity index (χ1n) is 8.56. The van der Waals surface area contributed by atoms with E-state index < -0.39 is 0 Å². The Morgan fingerprint density at radius 2 is 1.85 bits per heavy atom. The van der Waals surface area contributed by atoms with E-state index in [0.29, 0.717) is 11.6 Å². The maximum Gasteiger partial charge on any atom is 0.205 e. The van der Waals surface area contributed by atoms with Gasteiger partial charge in [-0.1, -0.05) is 61.8 Å². The molecule has 5 heteroatoms. The summed E-state index contributed by atoms with van der Waals surface area (Å²) in [5.74, 6) is 1.38. The second kappa shape index (κ2) is 5.99. The van der Waals surface area contributed by atoms with E-state index in [2.05, 4.69) is 42.0 Å². The highest BCUT2D eigenvalue weighted by Crippen LogP contribution is 2.33. The van der Waals surface area contributed by atoms with E-state index >= 15 is 0 Å². The lowest BCUT2D eigenvalue weighted by molar-refractivity contribution is 0.401. The molecular weight excluding hydrogens is 346 g/mol. The molecule has 1 N–H and O–H groups in total. The summed E-state index contributed by atoms with van der Waals surface area (Å²) < 4.78 is 5.61. The lowest BCUT2D eigenvalue weighted by atomic mass is 9.89. The second-order valence-electron chi connectivity index (χ2n) is 7.53. The van der Waals surface area contributed by atoms with Gasteiger partial charge in [0.15, 0.2) is 5.82 Å². The normalized spacial score (nSPS) is 12.0. The van der Waals surface area contributed by atoms with E-state index in [1.54, 1.807) is 0 Å². The molecule has 0 aliphatic heterocycles. The Morgan fingerprint density at radius 3 is 2.54 bits per heavy atom. The number of nitrogens with zero attached hydrogens (tertiary/aromatic N) is 2. The Hall–Kier alpha value is -2.59. The van der Waals surface area contributed by atoms with Crippen LogP contribution in [0.5, 0.6) is 0 Å². The minimum atomic E-state index is -0.0743. The molecule has 0 amide bonds. The summed E-state index contributed by atoms with van der Waals surface area (Å²) in [5.41, 5.74) is 5.75. The van der Waals surface area contributed by atoms with Crippen molar-refractivity contribution in [1.29, 1.82) is 0 Å². The van der Waals surface area contributed by atoms with Gasteiger partial charge in [0.05, 0.1) is 16.7 Å². The van der Waals surface area contributed by atoms with Gasteiger partial charge in [-0.05, 0) is 30.7 Å². The number of H-pyrrole nitrogens is 1. The quantitative estimate of drug-likeness (QED) is 0.464. The van der Waals surface area contributed by atoms with Crippen LogP contribution in [0.1, 0.15) is 32.0 Å². The highest BCUT2D eigenvalue weighted by Gasteiger charge is 2.25. The van der Waals surface area contributed by atoms with Gasteiger partial charge in [0.25, 0.3) is 0 Å². The van der Waals surface area contributed by atoms with Gasteiger partial charge in [-0.15, -0.1) is 0 Å². The molecule has 0 spiro atoms. The Bertz CT molecular complexity index is 1100. The molecule has 0 aliphatic carbocycles. The van der Waals surface area contributed by atoms with Gasteiger partial charge in [0.1, 0.15) is 0 Å². The van der Waals surface area contributed by atoms with Crippen molar-refractivity contribution in [2.45, 2.75) is 33.1 Å². The number of benzene rings is 2. The van der Waals surface area contributed by atoms with E-state index in [4.69, 9.17) is 16.1 Å². The lowest BCUT2D eigenvalue weighted by Gasteiger charge is -2.14. The summed E-state index contributed by atoms with van der Waals surface area (Å²) >= 11 is 6.33. The Balaban J connectivity index is 1.80. The number of nitrogens with one attached hydrogen (secondary N) is 1. The fourth-order valence-corrected chi connectivity index (χ4v) is 3.48. The van der Waals surface area contributed by atoms with Crippen LogP contribution in [0, 0.1) is 6.92 Å². The molecule has 132 valence electrons. The Kier molecular flexibility index (Phi) is 3.88. The van der Waals surface area contributed by atoms with E-state index in [9.17, 15) is 0 Å². The van der Waals surface area contributed by atoms with E-state index in [1.807, 2.05) is 43.3 Å². The first kappa shape index (κ1) is 16.9. The zero-order valence-electron chi connectivity index (χ0n) is 15.2. The van der Waals surface area contributed by atoms with Crippen molar-refractivity contribution >= 4 is 22.6 Å². The van der Waals surface area contributed by atoms with Crippen LogP contribution in [0.25, 0.3) is 33.7 Å². The van der Waals surface area contributed by atoms with Crippen LogP contribution in [0.3, 0.4) is 0 Å². The summed E-state index contributed by atoms with van der Waals surface area (Å²) in [6, 6.07) is 13.9. The number of fused-ring (bicyclic) bond motifs is 1. The SMILES string of the molecule is Cc1c(C(C)(C)C)noc1-c1nc2ccc(-c3ccccc3Cl)cc2[nH]1. The molecule has 0 bridgehead atoms. The average Bonchev–Trinajstić information content (AvgIpc) is 3.17. The third kappa shape index (κ3) is 2.80. The molecule has 0 unspecified atom stereocenters. The molecule has 2 aromatic heterocycles. The third-order valence-electron chi connectivity index (χ3n) is 4.52. The van der Waals surface area contributed by atoms with Crippen LogP contribution in [-0.4, -0.2) is 15.1 Å². The average molecular weight is 366 g/mol. The van der Waals surface area contributed by atoms with Crippen molar-refractivity contribution in [3.05, 3.63) is 58.7 Å². The smallest absolute Gasteiger partial charge is 0.205 e. The lowest BCUT2D eigenvalue weighted by Crippen LogP contribution is -2.13. The van der Waals surface area contributed by atoms with Crippen LogP contribution in [0.15, 0.2) is 47.0 Å². The van der Waals surface area contributed by atoms with Crippen LogP contribution in [0.4, 0.5) is 0 Å². The third-order valence-corrected chi connectivity index (χ3v) is 4.85. The van der Waals surface area contributed by atoms with Gasteiger partial charge in [0.2, 0.25) is 5.76 Å². The topological polar surface area (TPSA) is 54.7 Å². The van der Waals surface area contributed by atoms with Gasteiger partial charge in [-0.25, -0.2) is 4.98 Å². The zero-order chi connectivity index (χ0) is 18.5. The summed E-state index contributed by atoms with van der Waals surface area (Å²) in [5, 5.41) is 4.99. The monoisotopic (exact) mass is 365 g/mol. The molecular formula is C21H20ClN3O. The minimum absolute atomic E-state index is 0.0743. The van der Waals surface area contributed by atoms with E-state index in [0.717, 1.165) is 38.4 Å². The number of hydrogen-bond donors (Lipinski definition) is 1. The van der Waals surface area contributed by atoms with Crippen molar-refractivity contribution in [3.8, 4) is 22.7 Å². The number of aromatic nitrogens is 3. The molecule has 4 nitrogen and oxygen atoms in total. The summed E-state index contributed by atoms with van der Waals surface area (Å²) in [4.78, 5) is 8.03. The maximum atomic E-state index is 6.33. The van der Waals surface area contributed by atoms with Crippen LogP contribution >= 0.6 is 11.6 Å². The molecule has 26 heavy (non-hydrogen) atoms. The van der Waals surface area contributed by atoms with Crippen LogP contribution in [0.2, 0.25) is 5.02 Å². The molecule has 2 heterocycles. The maximum absolute atomic E-state index is 6.33. The fraction of sp³-hybridized carbons (Fsp3) is 0.238.